The zero-order valence-electron chi connectivity index (χ0n) is 15.4. The molecule has 29 heavy (non-hydrogen) atoms. The monoisotopic (exact) mass is 426 g/mol. The predicted octanol–water partition coefficient (Wildman–Crippen LogP) is 4.87. The van der Waals surface area contributed by atoms with Crippen LogP contribution >= 0.6 is 0 Å². The van der Waals surface area contributed by atoms with Crippen molar-refractivity contribution in [1.29, 1.82) is 0 Å². The molecule has 0 spiro atoms. The molecule has 1 aromatic heterocycles. The van der Waals surface area contributed by atoms with Crippen LogP contribution in [0.3, 0.4) is 0 Å². The molecule has 0 atom stereocenters. The topological polar surface area (TPSA) is 81.4 Å². The number of alkyl halides is 3. The molecular formula is C19H17F3N2O4S. The smallest absolute Gasteiger partial charge is 0.452 e. The van der Waals surface area contributed by atoms with Crippen LogP contribution in [0.4, 0.5) is 18.9 Å². The Labute approximate surface area is 165 Å². The molecular weight excluding hydrogens is 409 g/mol. The van der Waals surface area contributed by atoms with E-state index in [1.165, 1.54) is 18.2 Å². The summed E-state index contributed by atoms with van der Waals surface area (Å²) in [4.78, 5) is -0.0992. The third kappa shape index (κ3) is 4.53. The molecule has 0 saturated heterocycles. The molecule has 1 N–H and O–H groups in total. The number of aromatic nitrogens is 1. The van der Waals surface area contributed by atoms with Gasteiger partial charge in [-0.25, -0.2) is 8.42 Å². The van der Waals surface area contributed by atoms with Crippen LogP contribution in [-0.2, 0) is 16.2 Å². The molecule has 0 amide bonds. The van der Waals surface area contributed by atoms with Gasteiger partial charge in [0.25, 0.3) is 10.0 Å². The lowest BCUT2D eigenvalue weighted by atomic mass is 10.1. The lowest BCUT2D eigenvalue weighted by Crippen LogP contribution is -2.15. The van der Waals surface area contributed by atoms with E-state index in [-0.39, 0.29) is 21.8 Å². The van der Waals surface area contributed by atoms with Gasteiger partial charge in [-0.2, -0.15) is 13.2 Å². The minimum Gasteiger partial charge on any atom is -0.492 e. The number of rotatable bonds is 6. The summed E-state index contributed by atoms with van der Waals surface area (Å²) in [6, 6.07) is 11.5. The summed E-state index contributed by atoms with van der Waals surface area (Å²) < 4.78 is 76.3. The number of nitrogens with zero attached hydrogens (tertiary/aromatic N) is 1. The minimum atomic E-state index is -4.69. The summed E-state index contributed by atoms with van der Waals surface area (Å²) in [7, 11) is -4.05. The summed E-state index contributed by atoms with van der Waals surface area (Å²) in [5.74, 6) is -0.903. The molecule has 1 heterocycles. The Morgan fingerprint density at radius 2 is 1.86 bits per heavy atom. The highest BCUT2D eigenvalue weighted by molar-refractivity contribution is 7.92. The van der Waals surface area contributed by atoms with Gasteiger partial charge in [0.1, 0.15) is 11.4 Å². The fourth-order valence-electron chi connectivity index (χ4n) is 2.63. The largest absolute Gasteiger partial charge is 0.492 e. The first-order valence-electron chi connectivity index (χ1n) is 8.51. The van der Waals surface area contributed by atoms with E-state index in [1.54, 1.807) is 38.1 Å². The third-order valence-corrected chi connectivity index (χ3v) is 5.50. The van der Waals surface area contributed by atoms with Crippen LogP contribution in [0.2, 0.25) is 0 Å². The van der Waals surface area contributed by atoms with Crippen molar-refractivity contribution >= 4 is 15.7 Å². The van der Waals surface area contributed by atoms with Crippen LogP contribution in [0.25, 0.3) is 11.3 Å². The van der Waals surface area contributed by atoms with Gasteiger partial charge >= 0.3 is 6.18 Å². The van der Waals surface area contributed by atoms with E-state index in [0.717, 1.165) is 6.07 Å². The lowest BCUT2D eigenvalue weighted by Gasteiger charge is -2.14. The second-order valence-corrected chi connectivity index (χ2v) is 7.74. The molecule has 2 aromatic carbocycles. The molecule has 154 valence electrons. The lowest BCUT2D eigenvalue weighted by molar-refractivity contribution is -0.155. The van der Waals surface area contributed by atoms with Gasteiger partial charge in [0.15, 0.2) is 0 Å². The molecule has 0 aliphatic heterocycles. The van der Waals surface area contributed by atoms with E-state index in [0.29, 0.717) is 17.9 Å². The molecule has 0 bridgehead atoms. The van der Waals surface area contributed by atoms with Crippen LogP contribution in [0.5, 0.6) is 5.75 Å². The maximum absolute atomic E-state index is 12.9. The van der Waals surface area contributed by atoms with Crippen LogP contribution < -0.4 is 9.46 Å². The SMILES string of the molecule is CCOc1ccccc1NS(=O)(=O)c1cc(-c2cc(C(F)(F)F)on2)ccc1C. The van der Waals surface area contributed by atoms with Crippen molar-refractivity contribution in [2.45, 2.75) is 24.9 Å². The van der Waals surface area contributed by atoms with E-state index in [9.17, 15) is 21.6 Å². The fraction of sp³-hybridized carbons (Fsp3) is 0.211. The summed E-state index contributed by atoms with van der Waals surface area (Å²) in [6.45, 7) is 3.70. The van der Waals surface area contributed by atoms with Gasteiger partial charge in [-0.3, -0.25) is 4.72 Å². The fourth-order valence-corrected chi connectivity index (χ4v) is 3.97. The quantitative estimate of drug-likeness (QED) is 0.608. The van der Waals surface area contributed by atoms with Crippen molar-refractivity contribution in [2.24, 2.45) is 0 Å². The number of sulfonamides is 1. The summed E-state index contributed by atoms with van der Waals surface area (Å²) in [5.41, 5.74) is 0.714. The van der Waals surface area contributed by atoms with Gasteiger partial charge in [0.2, 0.25) is 5.76 Å². The van der Waals surface area contributed by atoms with Gasteiger partial charge < -0.3 is 9.26 Å². The Kier molecular flexibility index (Phi) is 5.56. The maximum atomic E-state index is 12.9. The highest BCUT2D eigenvalue weighted by atomic mass is 32.2. The summed E-state index contributed by atoms with van der Waals surface area (Å²) >= 11 is 0. The number of benzene rings is 2. The van der Waals surface area contributed by atoms with Gasteiger partial charge in [-0.15, -0.1) is 0 Å². The molecule has 0 aliphatic rings. The maximum Gasteiger partial charge on any atom is 0.452 e. The molecule has 10 heteroatoms. The van der Waals surface area contributed by atoms with E-state index in [4.69, 9.17) is 4.74 Å². The first kappa shape index (κ1) is 20.7. The van der Waals surface area contributed by atoms with E-state index in [1.807, 2.05) is 0 Å². The van der Waals surface area contributed by atoms with Crippen LogP contribution in [0.15, 0.2) is 57.9 Å². The van der Waals surface area contributed by atoms with Gasteiger partial charge in [-0.1, -0.05) is 29.4 Å². The van der Waals surface area contributed by atoms with Gasteiger partial charge in [-0.05, 0) is 37.6 Å². The normalized spacial score (nSPS) is 12.0. The third-order valence-electron chi connectivity index (χ3n) is 3.99. The number of para-hydroxylation sites is 2. The van der Waals surface area contributed by atoms with Crippen molar-refractivity contribution in [1.82, 2.24) is 5.16 Å². The Balaban J connectivity index is 1.98. The average Bonchev–Trinajstić information content (AvgIpc) is 3.14. The summed E-state index contributed by atoms with van der Waals surface area (Å²) in [6.07, 6.45) is -4.69. The number of ether oxygens (including phenoxy) is 1. The van der Waals surface area contributed by atoms with Crippen LogP contribution in [0.1, 0.15) is 18.2 Å². The van der Waals surface area contributed by atoms with E-state index < -0.39 is 22.0 Å². The molecule has 3 rings (SSSR count). The highest BCUT2D eigenvalue weighted by Crippen LogP contribution is 2.34. The van der Waals surface area contributed by atoms with Crippen molar-refractivity contribution in [3.63, 3.8) is 0 Å². The molecule has 6 nitrogen and oxygen atoms in total. The zero-order valence-corrected chi connectivity index (χ0v) is 16.3. The Bertz CT molecular complexity index is 1120. The molecule has 0 saturated carbocycles. The number of aryl methyl sites for hydroxylation is 1. The Morgan fingerprint density at radius 1 is 1.14 bits per heavy atom. The van der Waals surface area contributed by atoms with Gasteiger partial charge in [0, 0.05) is 11.6 Å². The standard InChI is InChI=1S/C19H17F3N2O4S/c1-3-27-16-7-5-4-6-14(16)24-29(25,26)17-10-13(9-8-12(17)2)15-11-18(28-23-15)19(20,21)22/h4-11,24H,3H2,1-2H3. The van der Waals surface area contributed by atoms with Gasteiger partial charge in [0.05, 0.1) is 17.2 Å². The molecule has 0 aliphatic carbocycles. The molecule has 0 radical (unpaired) electrons. The average molecular weight is 426 g/mol. The number of anilines is 1. The number of nitrogens with one attached hydrogen (secondary N) is 1. The number of hydrogen-bond acceptors (Lipinski definition) is 5. The van der Waals surface area contributed by atoms with E-state index >= 15 is 0 Å². The van der Waals surface area contributed by atoms with Crippen molar-refractivity contribution in [3.05, 3.63) is 59.9 Å². The molecule has 0 unspecified atom stereocenters. The zero-order chi connectivity index (χ0) is 21.2. The van der Waals surface area contributed by atoms with Crippen LogP contribution in [-0.4, -0.2) is 20.2 Å². The minimum absolute atomic E-state index is 0.0992. The second kappa shape index (κ2) is 7.78. The second-order valence-electron chi connectivity index (χ2n) is 6.09. The number of hydrogen-bond donors (Lipinski definition) is 1. The Morgan fingerprint density at radius 3 is 2.52 bits per heavy atom. The first-order chi connectivity index (χ1) is 13.6. The number of halogens is 3. The first-order valence-corrected chi connectivity index (χ1v) is 9.99. The van der Waals surface area contributed by atoms with E-state index in [2.05, 4.69) is 14.4 Å². The van der Waals surface area contributed by atoms with Crippen molar-refractivity contribution in [3.8, 4) is 17.0 Å². The van der Waals surface area contributed by atoms with Crippen molar-refractivity contribution < 1.29 is 30.8 Å². The highest BCUT2D eigenvalue weighted by Gasteiger charge is 2.36. The molecule has 0 fully saturated rings. The predicted molar refractivity (Wildman–Crippen MR) is 100 cm³/mol. The van der Waals surface area contributed by atoms with Crippen molar-refractivity contribution in [2.75, 3.05) is 11.3 Å². The molecule has 3 aromatic rings. The summed E-state index contributed by atoms with van der Waals surface area (Å²) in [5, 5.41) is 3.40. The van der Waals surface area contributed by atoms with Crippen LogP contribution in [0, 0.1) is 6.92 Å². The Hall–Kier alpha value is -3.01.